The maximum absolute atomic E-state index is 9.35. The molecule has 2 aliphatic heterocycles. The summed E-state index contributed by atoms with van der Waals surface area (Å²) in [7, 11) is 0. The first-order chi connectivity index (χ1) is 8.67. The van der Waals surface area contributed by atoms with Crippen LogP contribution in [0.2, 0.25) is 0 Å². The number of aliphatic hydroxyl groups is 2. The summed E-state index contributed by atoms with van der Waals surface area (Å²) >= 11 is 0. The maximum Gasteiger partial charge on any atom is 0.0594 e. The second-order valence-corrected chi connectivity index (χ2v) is 5.95. The van der Waals surface area contributed by atoms with Crippen LogP contribution < -0.4 is 0 Å². The van der Waals surface area contributed by atoms with Gasteiger partial charge in [-0.3, -0.25) is 4.90 Å². The van der Waals surface area contributed by atoms with Gasteiger partial charge in [0.2, 0.25) is 0 Å². The zero-order valence-electron chi connectivity index (χ0n) is 11.3. The van der Waals surface area contributed by atoms with Crippen molar-refractivity contribution in [2.24, 2.45) is 5.41 Å². The minimum Gasteiger partial charge on any atom is -0.396 e. The molecular weight excluding hydrogens is 232 g/mol. The van der Waals surface area contributed by atoms with Crippen molar-refractivity contribution < 1.29 is 14.9 Å². The zero-order valence-corrected chi connectivity index (χ0v) is 11.3. The Kier molecular flexibility index (Phi) is 4.98. The number of hydrogen-bond acceptors (Lipinski definition) is 5. The molecule has 0 spiro atoms. The first kappa shape index (κ1) is 14.2. The summed E-state index contributed by atoms with van der Waals surface area (Å²) in [6, 6.07) is 0.621. The van der Waals surface area contributed by atoms with Crippen molar-refractivity contribution >= 4 is 0 Å². The molecule has 0 amide bonds. The summed E-state index contributed by atoms with van der Waals surface area (Å²) in [5.74, 6) is 0. The molecule has 2 N–H and O–H groups in total. The molecule has 1 atom stereocenters. The van der Waals surface area contributed by atoms with Gasteiger partial charge in [0.1, 0.15) is 0 Å². The van der Waals surface area contributed by atoms with Gasteiger partial charge >= 0.3 is 0 Å². The fourth-order valence-electron chi connectivity index (χ4n) is 2.89. The van der Waals surface area contributed by atoms with Crippen LogP contribution in [-0.4, -0.2) is 85.2 Å². The molecule has 0 radical (unpaired) electrons. The van der Waals surface area contributed by atoms with Gasteiger partial charge in [-0.1, -0.05) is 6.92 Å². The average molecular weight is 258 g/mol. The van der Waals surface area contributed by atoms with E-state index in [0.717, 1.165) is 45.9 Å². The van der Waals surface area contributed by atoms with Crippen molar-refractivity contribution in [1.82, 2.24) is 9.80 Å². The Labute approximate surface area is 109 Å². The average Bonchev–Trinajstić information content (AvgIpc) is 2.88. The molecule has 2 aliphatic rings. The fourth-order valence-corrected chi connectivity index (χ4v) is 2.89. The number of nitrogens with zero attached hydrogens (tertiary/aromatic N) is 2. The highest BCUT2D eigenvalue weighted by Gasteiger charge is 2.33. The lowest BCUT2D eigenvalue weighted by atomic mass is 9.92. The Morgan fingerprint density at radius 3 is 2.44 bits per heavy atom. The van der Waals surface area contributed by atoms with Gasteiger partial charge in [-0.05, 0) is 13.0 Å². The maximum atomic E-state index is 9.35. The molecule has 2 rings (SSSR count). The molecule has 1 unspecified atom stereocenters. The minimum atomic E-state index is -0.375. The predicted molar refractivity (Wildman–Crippen MR) is 69.5 cm³/mol. The molecule has 2 fully saturated rings. The molecule has 18 heavy (non-hydrogen) atoms. The van der Waals surface area contributed by atoms with Crippen molar-refractivity contribution in [1.29, 1.82) is 0 Å². The van der Waals surface area contributed by atoms with Gasteiger partial charge < -0.3 is 19.8 Å². The molecule has 2 heterocycles. The van der Waals surface area contributed by atoms with Crippen LogP contribution >= 0.6 is 0 Å². The summed E-state index contributed by atoms with van der Waals surface area (Å²) in [6.45, 7) is 8.70. The standard InChI is InChI=1S/C13H26N2O3/c1-13(10-16,11-17)9-14-3-2-12(8-14)15-4-6-18-7-5-15/h12,16-17H,2-11H2,1H3. The third kappa shape index (κ3) is 3.42. The largest absolute Gasteiger partial charge is 0.396 e. The first-order valence-electron chi connectivity index (χ1n) is 6.93. The van der Waals surface area contributed by atoms with Crippen LogP contribution in [0.5, 0.6) is 0 Å². The van der Waals surface area contributed by atoms with Crippen molar-refractivity contribution in [3.8, 4) is 0 Å². The summed E-state index contributed by atoms with van der Waals surface area (Å²) < 4.78 is 5.38. The number of aliphatic hydroxyl groups excluding tert-OH is 2. The number of morpholine rings is 1. The van der Waals surface area contributed by atoms with Crippen LogP contribution in [-0.2, 0) is 4.74 Å². The second kappa shape index (κ2) is 6.30. The van der Waals surface area contributed by atoms with Gasteiger partial charge in [0.25, 0.3) is 0 Å². The Bertz CT molecular complexity index is 253. The van der Waals surface area contributed by atoms with Gasteiger partial charge in [-0.2, -0.15) is 0 Å². The lowest BCUT2D eigenvalue weighted by molar-refractivity contribution is 0.0137. The number of likely N-dealkylation sites (tertiary alicyclic amines) is 1. The molecule has 106 valence electrons. The highest BCUT2D eigenvalue weighted by Crippen LogP contribution is 2.22. The minimum absolute atomic E-state index is 0.0439. The third-order valence-corrected chi connectivity index (χ3v) is 4.18. The van der Waals surface area contributed by atoms with Crippen LogP contribution in [0.4, 0.5) is 0 Å². The molecular formula is C13H26N2O3. The fraction of sp³-hybridized carbons (Fsp3) is 1.00. The molecule has 5 heteroatoms. The zero-order chi connectivity index (χ0) is 13.0. The topological polar surface area (TPSA) is 56.2 Å². The summed E-state index contributed by atoms with van der Waals surface area (Å²) in [4.78, 5) is 4.88. The molecule has 0 bridgehead atoms. The normalized spacial score (nSPS) is 27.8. The van der Waals surface area contributed by atoms with Gasteiger partial charge in [-0.25, -0.2) is 0 Å². The van der Waals surface area contributed by atoms with Crippen molar-refractivity contribution in [3.05, 3.63) is 0 Å². The van der Waals surface area contributed by atoms with Crippen molar-refractivity contribution in [2.75, 3.05) is 59.2 Å². The monoisotopic (exact) mass is 258 g/mol. The smallest absolute Gasteiger partial charge is 0.0594 e. The molecule has 0 aliphatic carbocycles. The van der Waals surface area contributed by atoms with E-state index < -0.39 is 0 Å². The number of hydrogen-bond donors (Lipinski definition) is 2. The third-order valence-electron chi connectivity index (χ3n) is 4.18. The molecule has 0 aromatic carbocycles. The van der Waals surface area contributed by atoms with E-state index in [9.17, 15) is 10.2 Å². The van der Waals surface area contributed by atoms with E-state index in [2.05, 4.69) is 9.80 Å². The summed E-state index contributed by atoms with van der Waals surface area (Å²) in [5.41, 5.74) is -0.375. The van der Waals surface area contributed by atoms with E-state index in [0.29, 0.717) is 6.04 Å². The van der Waals surface area contributed by atoms with Crippen LogP contribution in [0, 0.1) is 5.41 Å². The molecule has 0 saturated carbocycles. The van der Waals surface area contributed by atoms with E-state index in [-0.39, 0.29) is 18.6 Å². The lowest BCUT2D eigenvalue weighted by Gasteiger charge is -2.33. The van der Waals surface area contributed by atoms with E-state index >= 15 is 0 Å². The first-order valence-corrected chi connectivity index (χ1v) is 6.93. The van der Waals surface area contributed by atoms with Crippen LogP contribution in [0.15, 0.2) is 0 Å². The molecule has 2 saturated heterocycles. The quantitative estimate of drug-likeness (QED) is 0.688. The Morgan fingerprint density at radius 1 is 1.17 bits per heavy atom. The molecule has 5 nitrogen and oxygen atoms in total. The van der Waals surface area contributed by atoms with E-state index in [1.165, 1.54) is 6.42 Å². The highest BCUT2D eigenvalue weighted by atomic mass is 16.5. The van der Waals surface area contributed by atoms with Crippen LogP contribution in [0.3, 0.4) is 0 Å². The summed E-state index contributed by atoms with van der Waals surface area (Å²) in [6.07, 6.45) is 1.19. The number of rotatable bonds is 5. The van der Waals surface area contributed by atoms with Gasteiger partial charge in [0.15, 0.2) is 0 Å². The van der Waals surface area contributed by atoms with Crippen LogP contribution in [0.25, 0.3) is 0 Å². The van der Waals surface area contributed by atoms with Crippen LogP contribution in [0.1, 0.15) is 13.3 Å². The van der Waals surface area contributed by atoms with E-state index in [1.807, 2.05) is 6.92 Å². The Balaban J connectivity index is 1.80. The number of ether oxygens (including phenoxy) is 1. The highest BCUT2D eigenvalue weighted by molar-refractivity contribution is 4.87. The van der Waals surface area contributed by atoms with Gasteiger partial charge in [0, 0.05) is 37.6 Å². The van der Waals surface area contributed by atoms with Crippen molar-refractivity contribution in [3.63, 3.8) is 0 Å². The SMILES string of the molecule is CC(CO)(CO)CN1CCC(N2CCOCC2)C1. The lowest BCUT2D eigenvalue weighted by Crippen LogP contribution is -2.46. The summed E-state index contributed by atoms with van der Waals surface area (Å²) in [5, 5.41) is 18.7. The Hall–Kier alpha value is -0.200. The molecule has 0 aromatic heterocycles. The van der Waals surface area contributed by atoms with Crippen molar-refractivity contribution in [2.45, 2.75) is 19.4 Å². The van der Waals surface area contributed by atoms with Gasteiger partial charge in [0.05, 0.1) is 26.4 Å². The predicted octanol–water partition coefficient (Wildman–Crippen LogP) is -0.616. The van der Waals surface area contributed by atoms with E-state index in [1.54, 1.807) is 0 Å². The molecule has 0 aromatic rings. The van der Waals surface area contributed by atoms with E-state index in [4.69, 9.17) is 4.74 Å². The second-order valence-electron chi connectivity index (χ2n) is 5.95. The Morgan fingerprint density at radius 2 is 1.83 bits per heavy atom. The van der Waals surface area contributed by atoms with Gasteiger partial charge in [-0.15, -0.1) is 0 Å².